The molecule has 0 amide bonds. The minimum absolute atomic E-state index is 0.191. The predicted molar refractivity (Wildman–Crippen MR) is 83.5 cm³/mol. The summed E-state index contributed by atoms with van der Waals surface area (Å²) in [5.41, 5.74) is 7.57. The second-order valence-electron chi connectivity index (χ2n) is 6.87. The fraction of sp³-hybridized carbons (Fsp3) is 0.600. The molecule has 112 valence electrons. The molecule has 1 aromatic rings. The molecule has 0 unspecified atom stereocenters. The Morgan fingerprint density at radius 3 is 2.20 bits per heavy atom. The quantitative estimate of drug-likeness (QED) is 0.838. The van der Waals surface area contributed by atoms with Crippen LogP contribution in [0.25, 0.3) is 0 Å². The summed E-state index contributed by atoms with van der Waals surface area (Å²) >= 11 is 0. The third-order valence-electron chi connectivity index (χ3n) is 5.28. The van der Waals surface area contributed by atoms with Crippen LogP contribution in [0, 0.1) is 16.7 Å². The Bertz CT molecular complexity index is 619. The van der Waals surface area contributed by atoms with Crippen molar-refractivity contribution < 1.29 is 8.42 Å². The minimum Gasteiger partial charge on any atom is -0.396 e. The highest BCUT2D eigenvalue weighted by atomic mass is 32.2. The van der Waals surface area contributed by atoms with E-state index < -0.39 is 9.84 Å². The van der Waals surface area contributed by atoms with Crippen molar-refractivity contribution in [1.29, 1.82) is 0 Å². The first-order valence-electron chi connectivity index (χ1n) is 6.82. The normalized spacial score (nSPS) is 20.6. The van der Waals surface area contributed by atoms with Crippen LogP contribution in [0.4, 0.5) is 11.4 Å². The standard InChI is InChI=1S/C15H24N2O2S/c1-14(2)12(15(14,3)4)9-17-10-7-6-8-11(13(10)16)20(5,18)19/h6-8,12,17H,9,16H2,1-5H3. The first-order valence-corrected chi connectivity index (χ1v) is 8.71. The molecule has 2 rings (SSSR count). The molecule has 20 heavy (non-hydrogen) atoms. The molecule has 1 aliphatic carbocycles. The number of benzene rings is 1. The van der Waals surface area contributed by atoms with Gasteiger partial charge in [-0.05, 0) is 28.9 Å². The largest absolute Gasteiger partial charge is 0.396 e. The maximum absolute atomic E-state index is 11.7. The van der Waals surface area contributed by atoms with Crippen molar-refractivity contribution in [3.63, 3.8) is 0 Å². The number of nitrogens with one attached hydrogen (secondary N) is 1. The summed E-state index contributed by atoms with van der Waals surface area (Å²) in [7, 11) is -3.29. The van der Waals surface area contributed by atoms with E-state index in [1.54, 1.807) is 12.1 Å². The van der Waals surface area contributed by atoms with E-state index in [2.05, 4.69) is 33.0 Å². The first kappa shape index (κ1) is 15.2. The van der Waals surface area contributed by atoms with Gasteiger partial charge in [-0.1, -0.05) is 33.8 Å². The molecule has 1 fully saturated rings. The SMILES string of the molecule is CC1(C)C(CNc2cccc(S(C)(=O)=O)c2N)C1(C)C. The van der Waals surface area contributed by atoms with Gasteiger partial charge in [-0.25, -0.2) is 8.42 Å². The highest BCUT2D eigenvalue weighted by Crippen LogP contribution is 2.68. The smallest absolute Gasteiger partial charge is 0.177 e. The Labute approximate surface area is 121 Å². The van der Waals surface area contributed by atoms with Crippen molar-refractivity contribution >= 4 is 21.2 Å². The zero-order valence-electron chi connectivity index (χ0n) is 12.8. The number of nitrogens with two attached hydrogens (primary N) is 1. The zero-order chi connectivity index (χ0) is 15.3. The molecular formula is C15H24N2O2S. The van der Waals surface area contributed by atoms with Crippen molar-refractivity contribution in [3.8, 4) is 0 Å². The van der Waals surface area contributed by atoms with E-state index in [4.69, 9.17) is 5.73 Å². The Hall–Kier alpha value is -1.23. The number of anilines is 2. The van der Waals surface area contributed by atoms with Crippen LogP contribution in [0.2, 0.25) is 0 Å². The summed E-state index contributed by atoms with van der Waals surface area (Å²) in [5.74, 6) is 0.552. The maximum atomic E-state index is 11.7. The molecule has 3 N–H and O–H groups in total. The van der Waals surface area contributed by atoms with Crippen molar-refractivity contribution in [2.75, 3.05) is 23.9 Å². The van der Waals surface area contributed by atoms with Gasteiger partial charge in [0.25, 0.3) is 0 Å². The summed E-state index contributed by atoms with van der Waals surface area (Å²) in [6.45, 7) is 9.84. The minimum atomic E-state index is -3.29. The molecule has 0 aliphatic heterocycles. The number of sulfone groups is 1. The Morgan fingerprint density at radius 2 is 1.75 bits per heavy atom. The van der Waals surface area contributed by atoms with Crippen LogP contribution in [0.3, 0.4) is 0 Å². The van der Waals surface area contributed by atoms with Crippen LogP contribution in [-0.2, 0) is 9.84 Å². The lowest BCUT2D eigenvalue weighted by molar-refractivity contribution is 0.457. The molecule has 0 heterocycles. The highest BCUT2D eigenvalue weighted by Gasteiger charge is 2.64. The van der Waals surface area contributed by atoms with E-state index in [-0.39, 0.29) is 4.90 Å². The van der Waals surface area contributed by atoms with Crippen LogP contribution >= 0.6 is 0 Å². The van der Waals surface area contributed by atoms with E-state index >= 15 is 0 Å². The molecular weight excluding hydrogens is 272 g/mol. The molecule has 1 saturated carbocycles. The van der Waals surface area contributed by atoms with E-state index in [0.717, 1.165) is 6.54 Å². The van der Waals surface area contributed by atoms with Crippen LogP contribution in [0.15, 0.2) is 23.1 Å². The number of hydrogen-bond donors (Lipinski definition) is 2. The monoisotopic (exact) mass is 296 g/mol. The number of rotatable bonds is 4. The third-order valence-corrected chi connectivity index (χ3v) is 6.44. The topological polar surface area (TPSA) is 72.2 Å². The van der Waals surface area contributed by atoms with Crippen molar-refractivity contribution in [2.45, 2.75) is 32.6 Å². The van der Waals surface area contributed by atoms with Crippen LogP contribution < -0.4 is 11.1 Å². The summed E-state index contributed by atoms with van der Waals surface area (Å²) in [6.07, 6.45) is 1.18. The van der Waals surface area contributed by atoms with Gasteiger partial charge in [-0.2, -0.15) is 0 Å². The molecule has 5 heteroatoms. The van der Waals surface area contributed by atoms with Gasteiger partial charge >= 0.3 is 0 Å². The molecule has 0 aromatic heterocycles. The first-order chi connectivity index (χ1) is 8.99. The van der Waals surface area contributed by atoms with Gasteiger partial charge in [-0.15, -0.1) is 0 Å². The van der Waals surface area contributed by atoms with Crippen LogP contribution in [0.5, 0.6) is 0 Å². The van der Waals surface area contributed by atoms with Gasteiger partial charge in [-0.3, -0.25) is 0 Å². The fourth-order valence-electron chi connectivity index (χ4n) is 3.08. The third kappa shape index (κ3) is 2.28. The number of nitrogen functional groups attached to an aromatic ring is 1. The van der Waals surface area contributed by atoms with Crippen LogP contribution in [-0.4, -0.2) is 21.2 Å². The Balaban J connectivity index is 2.17. The molecule has 1 aliphatic rings. The Morgan fingerprint density at radius 1 is 1.20 bits per heavy atom. The van der Waals surface area contributed by atoms with E-state index in [0.29, 0.717) is 28.1 Å². The average Bonchev–Trinajstić information content (AvgIpc) is 2.67. The van der Waals surface area contributed by atoms with Gasteiger partial charge in [0, 0.05) is 12.8 Å². The number of para-hydroxylation sites is 1. The molecule has 1 aromatic carbocycles. The Kier molecular flexibility index (Phi) is 3.32. The second-order valence-corrected chi connectivity index (χ2v) is 8.85. The highest BCUT2D eigenvalue weighted by molar-refractivity contribution is 7.90. The molecule has 0 radical (unpaired) electrons. The van der Waals surface area contributed by atoms with Gasteiger partial charge in [0.1, 0.15) is 0 Å². The number of hydrogen-bond acceptors (Lipinski definition) is 4. The molecule has 0 bridgehead atoms. The maximum Gasteiger partial charge on any atom is 0.177 e. The van der Waals surface area contributed by atoms with Gasteiger partial charge in [0.2, 0.25) is 0 Å². The van der Waals surface area contributed by atoms with Gasteiger partial charge in [0.05, 0.1) is 16.3 Å². The second kappa shape index (κ2) is 4.38. The molecule has 0 spiro atoms. The van der Waals surface area contributed by atoms with Crippen molar-refractivity contribution in [2.24, 2.45) is 16.7 Å². The summed E-state index contributed by atoms with van der Waals surface area (Å²) in [6, 6.07) is 5.09. The van der Waals surface area contributed by atoms with Crippen LogP contribution in [0.1, 0.15) is 27.7 Å². The van der Waals surface area contributed by atoms with Gasteiger partial charge in [0.15, 0.2) is 9.84 Å². The van der Waals surface area contributed by atoms with E-state index in [1.165, 1.54) is 6.26 Å². The van der Waals surface area contributed by atoms with Crippen molar-refractivity contribution in [3.05, 3.63) is 18.2 Å². The zero-order valence-corrected chi connectivity index (χ0v) is 13.6. The molecule has 4 nitrogen and oxygen atoms in total. The van der Waals surface area contributed by atoms with Crippen molar-refractivity contribution in [1.82, 2.24) is 0 Å². The van der Waals surface area contributed by atoms with E-state index in [9.17, 15) is 8.42 Å². The summed E-state index contributed by atoms with van der Waals surface area (Å²) in [5, 5.41) is 3.31. The predicted octanol–water partition coefficient (Wildman–Crippen LogP) is 2.77. The summed E-state index contributed by atoms with van der Waals surface area (Å²) in [4.78, 5) is 0.191. The molecule has 0 atom stereocenters. The summed E-state index contributed by atoms with van der Waals surface area (Å²) < 4.78 is 23.3. The van der Waals surface area contributed by atoms with E-state index in [1.807, 2.05) is 6.07 Å². The van der Waals surface area contributed by atoms with Gasteiger partial charge < -0.3 is 11.1 Å². The average molecular weight is 296 g/mol. The fourth-order valence-corrected chi connectivity index (χ4v) is 3.91. The molecule has 0 saturated heterocycles. The lowest BCUT2D eigenvalue weighted by Crippen LogP contribution is -2.11. The lowest BCUT2D eigenvalue weighted by Gasteiger charge is -2.13. The lowest BCUT2D eigenvalue weighted by atomic mass is 10.0.